The zero-order valence-electron chi connectivity index (χ0n) is 30.6. The molecular formula is C40H54ClN3O6S. The van der Waals surface area contributed by atoms with Crippen LogP contribution in [0.15, 0.2) is 48.6 Å². The molecule has 278 valence electrons. The molecule has 1 unspecified atom stereocenters. The van der Waals surface area contributed by atoms with E-state index in [1.54, 1.807) is 13.0 Å². The number of ether oxygens (including phenoxy) is 3. The van der Waals surface area contributed by atoms with E-state index in [1.807, 2.05) is 32.2 Å². The van der Waals surface area contributed by atoms with Gasteiger partial charge in [-0.3, -0.25) is 9.69 Å². The highest BCUT2D eigenvalue weighted by Crippen LogP contribution is 2.56. The number of aryl methyl sites for hydroxylation is 1. The molecule has 5 aliphatic rings. The fraction of sp³-hybridized carbons (Fsp3) is 0.625. The van der Waals surface area contributed by atoms with Crippen LogP contribution in [0.25, 0.3) is 0 Å². The smallest absolute Gasteiger partial charge is 0.264 e. The van der Waals surface area contributed by atoms with Gasteiger partial charge in [0, 0.05) is 55.8 Å². The van der Waals surface area contributed by atoms with Crippen molar-refractivity contribution >= 4 is 33.2 Å². The number of hydrogen-bond acceptors (Lipinski definition) is 8. The van der Waals surface area contributed by atoms with Gasteiger partial charge in [-0.15, -0.1) is 0 Å². The van der Waals surface area contributed by atoms with E-state index < -0.39 is 26.8 Å². The highest BCUT2D eigenvalue weighted by molar-refractivity contribution is 7.90. The quantitative estimate of drug-likeness (QED) is 0.361. The molecule has 1 spiro atoms. The van der Waals surface area contributed by atoms with Crippen molar-refractivity contribution in [3.63, 3.8) is 0 Å². The van der Waals surface area contributed by atoms with Crippen molar-refractivity contribution in [3.05, 3.63) is 70.3 Å². The van der Waals surface area contributed by atoms with Crippen LogP contribution in [0.2, 0.25) is 5.02 Å². The highest BCUT2D eigenvalue weighted by atomic mass is 35.5. The average Bonchev–Trinajstić information content (AvgIpc) is 3.25. The normalized spacial score (nSPS) is 34.6. The summed E-state index contributed by atoms with van der Waals surface area (Å²) in [5.41, 5.74) is 2.76. The van der Waals surface area contributed by atoms with E-state index in [2.05, 4.69) is 45.7 Å². The lowest BCUT2D eigenvalue weighted by molar-refractivity contribution is -0.123. The number of morpholine rings is 1. The Kier molecular flexibility index (Phi) is 10.3. The van der Waals surface area contributed by atoms with Crippen LogP contribution >= 0.6 is 11.6 Å². The second-order valence-corrected chi connectivity index (χ2v) is 18.6. The lowest BCUT2D eigenvalue weighted by Gasteiger charge is -2.57. The SMILES string of the molecule is CO[C@]1(CCN2CCOCC2)/C=C/C[C@H](C)[C@@H](C)S(=O)(=O)NC(=O)c2ccc3c(c2)N(CC2(C)CC[C@H]21)C[C@@]1(CCCc2cc(Cl)ccc21)CO3. The molecule has 2 aliphatic carbocycles. The van der Waals surface area contributed by atoms with Crippen molar-refractivity contribution in [2.45, 2.75) is 82.0 Å². The Hall–Kier alpha value is -2.63. The largest absolute Gasteiger partial charge is 0.490 e. The number of hydrogen-bond donors (Lipinski definition) is 1. The minimum atomic E-state index is -3.95. The molecule has 3 aliphatic heterocycles. The number of carbonyl (C=O) groups excluding carboxylic acids is 1. The van der Waals surface area contributed by atoms with Gasteiger partial charge >= 0.3 is 0 Å². The van der Waals surface area contributed by atoms with Crippen molar-refractivity contribution in [2.24, 2.45) is 17.3 Å². The summed E-state index contributed by atoms with van der Waals surface area (Å²) in [6.07, 6.45) is 10.8. The summed E-state index contributed by atoms with van der Waals surface area (Å²) in [5, 5.41) is -0.0347. The zero-order chi connectivity index (χ0) is 36.0. The minimum absolute atomic E-state index is 0.108. The fourth-order valence-electron chi connectivity index (χ4n) is 9.58. The molecule has 6 atom stereocenters. The van der Waals surface area contributed by atoms with Crippen LogP contribution in [0.5, 0.6) is 5.75 Å². The number of rotatable bonds is 4. The number of benzene rings is 2. The van der Waals surface area contributed by atoms with Crippen molar-refractivity contribution in [2.75, 3.05) is 64.6 Å². The van der Waals surface area contributed by atoms with Gasteiger partial charge in [-0.25, -0.2) is 13.1 Å². The molecule has 3 heterocycles. The molecule has 2 bridgehead atoms. The molecule has 1 amide bonds. The molecule has 9 nitrogen and oxygen atoms in total. The Morgan fingerprint density at radius 2 is 1.88 bits per heavy atom. The first-order chi connectivity index (χ1) is 24.4. The number of sulfonamides is 1. The molecule has 1 saturated heterocycles. The van der Waals surface area contributed by atoms with Crippen molar-refractivity contribution in [1.29, 1.82) is 0 Å². The number of amides is 1. The monoisotopic (exact) mass is 739 g/mol. The summed E-state index contributed by atoms with van der Waals surface area (Å²) in [4.78, 5) is 18.6. The van der Waals surface area contributed by atoms with Gasteiger partial charge in [-0.05, 0) is 111 Å². The summed E-state index contributed by atoms with van der Waals surface area (Å²) in [6, 6.07) is 11.6. The number of halogens is 1. The van der Waals surface area contributed by atoms with Crippen LogP contribution in [0, 0.1) is 17.3 Å². The molecule has 51 heavy (non-hydrogen) atoms. The summed E-state index contributed by atoms with van der Waals surface area (Å²) < 4.78 is 48.6. The second kappa shape index (κ2) is 14.3. The lowest BCUT2D eigenvalue weighted by Crippen LogP contribution is -2.59. The lowest BCUT2D eigenvalue weighted by atomic mass is 9.54. The van der Waals surface area contributed by atoms with E-state index in [0.717, 1.165) is 88.6 Å². The number of fused-ring (bicyclic) bond motifs is 4. The van der Waals surface area contributed by atoms with Gasteiger partial charge in [0.05, 0.1) is 36.4 Å². The van der Waals surface area contributed by atoms with E-state index in [9.17, 15) is 13.2 Å². The first kappa shape index (κ1) is 36.7. The number of anilines is 1. The van der Waals surface area contributed by atoms with Crippen molar-refractivity contribution in [3.8, 4) is 5.75 Å². The first-order valence-electron chi connectivity index (χ1n) is 18.8. The molecule has 2 aromatic carbocycles. The standard InChI is InChI=1S/C40H54ClN3O6S/c1-28-7-5-15-40(48-4,17-18-43-19-21-49-22-20-43)36-13-16-38(36,3)25-44-26-39(14-6-8-30-23-32(41)10-11-33(30)39)27-50-35-12-9-31(24-34(35)44)37(45)42-51(46,47)29(28)2/h5,9-12,15,23-24,28-29,36H,6-8,13-14,16-22,25-27H2,1-4H3,(H,42,45)/b15-5+/t28-,29+,36+,38?,39-,40-/m0/s1. The number of nitrogens with one attached hydrogen (secondary N) is 1. The van der Waals surface area contributed by atoms with Gasteiger partial charge in [0.1, 0.15) is 5.75 Å². The van der Waals surface area contributed by atoms with E-state index in [0.29, 0.717) is 30.9 Å². The van der Waals surface area contributed by atoms with Crippen LogP contribution in [0.3, 0.4) is 0 Å². The Bertz CT molecular complexity index is 1760. The number of allylic oxidation sites excluding steroid dienone is 1. The Labute approximate surface area is 309 Å². The second-order valence-electron chi connectivity index (χ2n) is 16.2. The third-order valence-electron chi connectivity index (χ3n) is 13.0. The third-order valence-corrected chi connectivity index (χ3v) is 15.2. The van der Waals surface area contributed by atoms with Crippen molar-refractivity contribution < 1.29 is 27.4 Å². The topological polar surface area (TPSA) is 97.4 Å². The fourth-order valence-corrected chi connectivity index (χ4v) is 11.1. The van der Waals surface area contributed by atoms with Gasteiger partial charge in [0.15, 0.2) is 0 Å². The molecule has 7 rings (SSSR count). The van der Waals surface area contributed by atoms with E-state index in [-0.39, 0.29) is 22.7 Å². The molecule has 2 aromatic rings. The summed E-state index contributed by atoms with van der Waals surface area (Å²) in [7, 11) is -2.11. The third kappa shape index (κ3) is 7.08. The maximum atomic E-state index is 13.7. The molecule has 0 radical (unpaired) electrons. The van der Waals surface area contributed by atoms with Crippen LogP contribution in [0.4, 0.5) is 5.69 Å². The van der Waals surface area contributed by atoms with Crippen molar-refractivity contribution in [1.82, 2.24) is 9.62 Å². The molecule has 0 aromatic heterocycles. The number of methoxy groups -OCH3 is 1. The maximum absolute atomic E-state index is 13.7. The number of nitrogens with zero attached hydrogens (tertiary/aromatic N) is 2. The Balaban J connectivity index is 1.32. The highest BCUT2D eigenvalue weighted by Gasteiger charge is 2.55. The van der Waals surface area contributed by atoms with Crippen LogP contribution < -0.4 is 14.4 Å². The summed E-state index contributed by atoms with van der Waals surface area (Å²) in [5.74, 6) is 0.0935. The Morgan fingerprint density at radius 1 is 1.08 bits per heavy atom. The van der Waals surface area contributed by atoms with E-state index >= 15 is 0 Å². The predicted octanol–water partition coefficient (Wildman–Crippen LogP) is 6.38. The van der Waals surface area contributed by atoms with Gasteiger partial charge in [0.25, 0.3) is 5.91 Å². The summed E-state index contributed by atoms with van der Waals surface area (Å²) in [6.45, 7) is 12.2. The van der Waals surface area contributed by atoms with Gasteiger partial charge in [0.2, 0.25) is 10.0 Å². The Morgan fingerprint density at radius 3 is 2.63 bits per heavy atom. The molecular weight excluding hydrogens is 686 g/mol. The number of carbonyl (C=O) groups is 1. The van der Waals surface area contributed by atoms with Crippen LogP contribution in [-0.4, -0.2) is 89.7 Å². The molecule has 1 N–H and O–H groups in total. The summed E-state index contributed by atoms with van der Waals surface area (Å²) >= 11 is 6.50. The van der Waals surface area contributed by atoms with Gasteiger partial charge in [-0.1, -0.05) is 43.7 Å². The molecule has 1 saturated carbocycles. The molecule has 2 fully saturated rings. The van der Waals surface area contributed by atoms with Crippen LogP contribution in [-0.2, 0) is 31.3 Å². The molecule has 11 heteroatoms. The predicted molar refractivity (Wildman–Crippen MR) is 201 cm³/mol. The first-order valence-corrected chi connectivity index (χ1v) is 20.7. The maximum Gasteiger partial charge on any atom is 0.264 e. The van der Waals surface area contributed by atoms with Gasteiger partial charge < -0.3 is 19.1 Å². The minimum Gasteiger partial charge on any atom is -0.490 e. The van der Waals surface area contributed by atoms with Gasteiger partial charge in [-0.2, -0.15) is 0 Å². The van der Waals surface area contributed by atoms with E-state index in [1.165, 1.54) is 11.1 Å². The van der Waals surface area contributed by atoms with E-state index in [4.69, 9.17) is 25.8 Å². The zero-order valence-corrected chi connectivity index (χ0v) is 32.2. The average molecular weight is 740 g/mol. The van der Waals surface area contributed by atoms with Crippen LogP contribution in [0.1, 0.15) is 80.8 Å².